The second-order valence-electron chi connectivity index (χ2n) is 7.01. The standard InChI is InChI=1S/C24H22O7S/c1-4-19(25)29-11-12-30-20(26)9-10-21(27)31-17-13-14(2)24-22(15(17)3)23(28)16-7-5-6-8-18(16)32-24/h4-8,13H,1,9-12H2,2-3H3. The molecule has 7 nitrogen and oxygen atoms in total. The second-order valence-corrected chi connectivity index (χ2v) is 8.07. The molecule has 32 heavy (non-hydrogen) atoms. The van der Waals surface area contributed by atoms with Crippen molar-refractivity contribution in [2.45, 2.75) is 26.7 Å². The Bertz CT molecular complexity index is 1270. The summed E-state index contributed by atoms with van der Waals surface area (Å²) in [6.45, 7) is 6.65. The maximum absolute atomic E-state index is 13.1. The minimum absolute atomic E-state index is 0.0934. The third kappa shape index (κ3) is 5.20. The van der Waals surface area contributed by atoms with Gasteiger partial charge in [0.25, 0.3) is 0 Å². The van der Waals surface area contributed by atoms with Crippen LogP contribution in [0, 0.1) is 13.8 Å². The Morgan fingerprint density at radius 3 is 2.47 bits per heavy atom. The van der Waals surface area contributed by atoms with Crippen LogP contribution in [-0.4, -0.2) is 31.1 Å². The fraction of sp³-hybridized carbons (Fsp3) is 0.250. The Labute approximate surface area is 188 Å². The van der Waals surface area contributed by atoms with E-state index in [1.807, 2.05) is 25.1 Å². The molecule has 0 unspecified atom stereocenters. The molecule has 0 aliphatic heterocycles. The van der Waals surface area contributed by atoms with Crippen LogP contribution in [0.4, 0.5) is 0 Å². The van der Waals surface area contributed by atoms with Crippen LogP contribution in [0.3, 0.4) is 0 Å². The lowest BCUT2D eigenvalue weighted by Crippen LogP contribution is -2.16. The van der Waals surface area contributed by atoms with E-state index in [2.05, 4.69) is 6.58 Å². The summed E-state index contributed by atoms with van der Waals surface area (Å²) >= 11 is 1.52. The van der Waals surface area contributed by atoms with Gasteiger partial charge in [0.05, 0.1) is 12.8 Å². The van der Waals surface area contributed by atoms with Gasteiger partial charge < -0.3 is 14.2 Å². The van der Waals surface area contributed by atoms with Crippen molar-refractivity contribution in [1.29, 1.82) is 0 Å². The lowest BCUT2D eigenvalue weighted by Gasteiger charge is -2.12. The van der Waals surface area contributed by atoms with Gasteiger partial charge in [-0.05, 0) is 37.6 Å². The number of esters is 3. The van der Waals surface area contributed by atoms with E-state index in [9.17, 15) is 19.2 Å². The maximum atomic E-state index is 13.1. The average Bonchev–Trinajstić information content (AvgIpc) is 2.78. The number of benzene rings is 2. The van der Waals surface area contributed by atoms with Crippen molar-refractivity contribution < 1.29 is 28.6 Å². The topological polar surface area (TPSA) is 96.0 Å². The van der Waals surface area contributed by atoms with E-state index in [0.29, 0.717) is 22.1 Å². The minimum Gasteiger partial charge on any atom is -0.462 e. The van der Waals surface area contributed by atoms with Crippen molar-refractivity contribution in [1.82, 2.24) is 0 Å². The summed E-state index contributed by atoms with van der Waals surface area (Å²) in [5.74, 6) is -1.54. The summed E-state index contributed by atoms with van der Waals surface area (Å²) in [4.78, 5) is 48.0. The van der Waals surface area contributed by atoms with Crippen LogP contribution >= 0.6 is 11.3 Å². The Morgan fingerprint density at radius 1 is 1.03 bits per heavy atom. The van der Waals surface area contributed by atoms with E-state index in [4.69, 9.17) is 14.2 Å². The van der Waals surface area contributed by atoms with Crippen LogP contribution in [0.15, 0.2) is 47.8 Å². The number of hydrogen-bond acceptors (Lipinski definition) is 8. The van der Waals surface area contributed by atoms with Gasteiger partial charge in [0, 0.05) is 31.8 Å². The first-order chi connectivity index (χ1) is 15.3. The van der Waals surface area contributed by atoms with Crippen molar-refractivity contribution >= 4 is 49.4 Å². The molecule has 0 saturated carbocycles. The molecule has 1 heterocycles. The van der Waals surface area contributed by atoms with Crippen molar-refractivity contribution in [3.63, 3.8) is 0 Å². The van der Waals surface area contributed by atoms with Gasteiger partial charge >= 0.3 is 17.9 Å². The molecule has 3 rings (SSSR count). The average molecular weight is 455 g/mol. The molecule has 0 amide bonds. The van der Waals surface area contributed by atoms with E-state index in [-0.39, 0.29) is 31.5 Å². The van der Waals surface area contributed by atoms with E-state index >= 15 is 0 Å². The van der Waals surface area contributed by atoms with E-state index in [0.717, 1.165) is 21.0 Å². The number of hydrogen-bond donors (Lipinski definition) is 0. The maximum Gasteiger partial charge on any atom is 0.330 e. The first kappa shape index (κ1) is 23.1. The number of rotatable bonds is 8. The first-order valence-corrected chi connectivity index (χ1v) is 10.7. The number of carbonyl (C=O) groups excluding carboxylic acids is 3. The Morgan fingerprint density at radius 2 is 1.72 bits per heavy atom. The van der Waals surface area contributed by atoms with Gasteiger partial charge in [-0.1, -0.05) is 18.7 Å². The van der Waals surface area contributed by atoms with Gasteiger partial charge in [0.2, 0.25) is 0 Å². The Hall–Kier alpha value is -3.52. The molecule has 0 radical (unpaired) electrons. The molecular formula is C24H22O7S. The van der Waals surface area contributed by atoms with Gasteiger partial charge in [-0.2, -0.15) is 0 Å². The highest BCUT2D eigenvalue weighted by molar-refractivity contribution is 7.24. The highest BCUT2D eigenvalue weighted by Gasteiger charge is 2.17. The van der Waals surface area contributed by atoms with Crippen LogP contribution in [0.5, 0.6) is 5.75 Å². The van der Waals surface area contributed by atoms with Crippen LogP contribution in [0.2, 0.25) is 0 Å². The molecule has 0 aliphatic rings. The smallest absolute Gasteiger partial charge is 0.330 e. The SMILES string of the molecule is C=CC(=O)OCCOC(=O)CCC(=O)Oc1cc(C)c2sc3ccccc3c(=O)c2c1C. The van der Waals surface area contributed by atoms with Crippen LogP contribution in [-0.2, 0) is 23.9 Å². The zero-order valence-electron chi connectivity index (χ0n) is 17.8. The summed E-state index contributed by atoms with van der Waals surface area (Å²) in [5.41, 5.74) is 1.31. The van der Waals surface area contributed by atoms with Crippen molar-refractivity contribution in [3.8, 4) is 5.75 Å². The predicted molar refractivity (Wildman–Crippen MR) is 122 cm³/mol. The van der Waals surface area contributed by atoms with Gasteiger partial charge in [-0.3, -0.25) is 14.4 Å². The zero-order chi connectivity index (χ0) is 23.3. The summed E-state index contributed by atoms with van der Waals surface area (Å²) in [5, 5.41) is 1.16. The van der Waals surface area contributed by atoms with Crippen LogP contribution < -0.4 is 10.2 Å². The third-order valence-electron chi connectivity index (χ3n) is 4.76. The number of ether oxygens (including phenoxy) is 3. The molecule has 2 aromatic carbocycles. The zero-order valence-corrected chi connectivity index (χ0v) is 18.6. The Balaban J connectivity index is 1.68. The lowest BCUT2D eigenvalue weighted by atomic mass is 10.0. The molecule has 3 aromatic rings. The minimum atomic E-state index is -0.613. The quantitative estimate of drug-likeness (QED) is 0.167. The first-order valence-electron chi connectivity index (χ1n) is 9.93. The molecule has 166 valence electrons. The van der Waals surface area contributed by atoms with Crippen molar-refractivity contribution in [3.05, 3.63) is 64.3 Å². The monoisotopic (exact) mass is 454 g/mol. The van der Waals surface area contributed by atoms with Gasteiger partial charge in [0.15, 0.2) is 5.43 Å². The largest absolute Gasteiger partial charge is 0.462 e. The summed E-state index contributed by atoms with van der Waals surface area (Å²) in [6.07, 6.45) is 0.638. The lowest BCUT2D eigenvalue weighted by molar-refractivity contribution is -0.151. The molecule has 1 aromatic heterocycles. The van der Waals surface area contributed by atoms with Gasteiger partial charge in [-0.25, -0.2) is 4.79 Å². The molecule has 0 fully saturated rings. The fourth-order valence-electron chi connectivity index (χ4n) is 3.17. The summed E-state index contributed by atoms with van der Waals surface area (Å²) in [6, 6.07) is 9.13. The van der Waals surface area contributed by atoms with E-state index < -0.39 is 17.9 Å². The molecule has 0 saturated heterocycles. The third-order valence-corrected chi connectivity index (χ3v) is 6.07. The highest BCUT2D eigenvalue weighted by Crippen LogP contribution is 2.34. The molecule has 0 spiro atoms. The van der Waals surface area contributed by atoms with Gasteiger partial charge in [-0.15, -0.1) is 11.3 Å². The van der Waals surface area contributed by atoms with Crippen LogP contribution in [0.25, 0.3) is 20.2 Å². The predicted octanol–water partition coefficient (Wildman–Crippen LogP) is 3.99. The number of aryl methyl sites for hydroxylation is 2. The normalized spacial score (nSPS) is 10.7. The Kier molecular flexibility index (Phi) is 7.37. The number of fused-ring (bicyclic) bond motifs is 2. The van der Waals surface area contributed by atoms with Crippen LogP contribution in [0.1, 0.15) is 24.0 Å². The van der Waals surface area contributed by atoms with E-state index in [1.165, 1.54) is 11.3 Å². The van der Waals surface area contributed by atoms with Crippen molar-refractivity contribution in [2.75, 3.05) is 13.2 Å². The van der Waals surface area contributed by atoms with Crippen molar-refractivity contribution in [2.24, 2.45) is 0 Å². The molecule has 8 heteroatoms. The highest BCUT2D eigenvalue weighted by atomic mass is 32.1. The summed E-state index contributed by atoms with van der Waals surface area (Å²) < 4.78 is 16.8. The number of carbonyl (C=O) groups is 3. The second kappa shape index (κ2) is 10.2. The van der Waals surface area contributed by atoms with E-state index in [1.54, 1.807) is 19.1 Å². The molecular weight excluding hydrogens is 432 g/mol. The fourth-order valence-corrected chi connectivity index (χ4v) is 4.37. The molecule has 0 atom stereocenters. The molecule has 0 N–H and O–H groups in total. The molecule has 0 bridgehead atoms. The van der Waals surface area contributed by atoms with Gasteiger partial charge in [0.1, 0.15) is 19.0 Å². The molecule has 0 aliphatic carbocycles. The summed E-state index contributed by atoms with van der Waals surface area (Å²) in [7, 11) is 0.